The lowest BCUT2D eigenvalue weighted by molar-refractivity contribution is -0.344. The highest BCUT2D eigenvalue weighted by Crippen LogP contribution is 2.38. The molecule has 3 aliphatic rings. The number of cyclic esters (lactones) is 1. The van der Waals surface area contributed by atoms with Gasteiger partial charge in [-0.2, -0.15) is 0 Å². The van der Waals surface area contributed by atoms with Crippen LogP contribution in [0.2, 0.25) is 0 Å². The molecule has 3 aliphatic heterocycles. The molecule has 0 aromatic heterocycles. The summed E-state index contributed by atoms with van der Waals surface area (Å²) >= 11 is 0. The summed E-state index contributed by atoms with van der Waals surface area (Å²) in [5.74, 6) is -2.61. The maximum Gasteiger partial charge on any atom is 0.309 e. The van der Waals surface area contributed by atoms with E-state index in [9.17, 15) is 29.4 Å². The summed E-state index contributed by atoms with van der Waals surface area (Å²) in [5.41, 5.74) is -1.50. The largest absolute Gasteiger partial charge is 0.462 e. The summed E-state index contributed by atoms with van der Waals surface area (Å²) in [6.45, 7) is 17.9. The van der Waals surface area contributed by atoms with E-state index in [2.05, 4.69) is 0 Å². The number of hydrogen-bond acceptors (Lipinski definition) is 17. The number of aliphatic hydroxyl groups excluding tert-OH is 1. The van der Waals surface area contributed by atoms with Crippen molar-refractivity contribution in [2.45, 2.75) is 199 Å². The average molecular weight is 900 g/mol. The van der Waals surface area contributed by atoms with Gasteiger partial charge in [0, 0.05) is 46.3 Å². The van der Waals surface area contributed by atoms with E-state index in [0.29, 0.717) is 19.4 Å². The van der Waals surface area contributed by atoms with Gasteiger partial charge in [0.15, 0.2) is 25.0 Å². The van der Waals surface area contributed by atoms with Gasteiger partial charge in [-0.05, 0) is 79.8 Å². The molecule has 0 aromatic carbocycles. The first kappa shape index (κ1) is 54.5. The Kier molecular flexibility index (Phi) is 22.3. The van der Waals surface area contributed by atoms with E-state index in [0.717, 1.165) is 6.29 Å². The summed E-state index contributed by atoms with van der Waals surface area (Å²) < 4.78 is 61.3. The number of allylic oxidation sites excluding steroid dienone is 2. The van der Waals surface area contributed by atoms with Crippen LogP contribution < -0.4 is 0 Å². The Bertz CT molecular complexity index is 1490. The van der Waals surface area contributed by atoms with Crippen molar-refractivity contribution in [3.63, 3.8) is 0 Å². The molecule has 1 unspecified atom stereocenters. The molecule has 17 atom stereocenters. The van der Waals surface area contributed by atoms with Crippen LogP contribution in [0.1, 0.15) is 108 Å². The molecule has 362 valence electrons. The van der Waals surface area contributed by atoms with Crippen molar-refractivity contribution in [3.8, 4) is 0 Å². The summed E-state index contributed by atoms with van der Waals surface area (Å²) in [7, 11) is 4.92. The number of likely N-dealkylation sites (N-methyl/N-ethyl adjacent to an activating group) is 1. The van der Waals surface area contributed by atoms with Crippen molar-refractivity contribution < 1.29 is 76.8 Å². The Morgan fingerprint density at radius 2 is 1.71 bits per heavy atom. The van der Waals surface area contributed by atoms with Crippen molar-refractivity contribution in [2.75, 3.05) is 27.8 Å². The average Bonchev–Trinajstić information content (AvgIpc) is 3.16. The first-order valence-corrected chi connectivity index (χ1v) is 22.4. The highest BCUT2D eigenvalue weighted by atomic mass is 16.7. The molecule has 17 heteroatoms. The lowest BCUT2D eigenvalue weighted by Crippen LogP contribution is -2.66. The Morgan fingerprint density at radius 3 is 2.30 bits per heavy atom. The van der Waals surface area contributed by atoms with Gasteiger partial charge in [0.2, 0.25) is 0 Å². The number of esters is 3. The molecule has 0 spiro atoms. The lowest BCUT2D eigenvalue weighted by Gasteiger charge is -2.50. The van der Waals surface area contributed by atoms with Gasteiger partial charge in [-0.3, -0.25) is 14.4 Å². The predicted molar refractivity (Wildman–Crippen MR) is 230 cm³/mol. The number of hydrogen-bond donors (Lipinski definition) is 2. The highest BCUT2D eigenvalue weighted by molar-refractivity contribution is 5.72. The van der Waals surface area contributed by atoms with E-state index in [1.165, 1.54) is 14.0 Å². The van der Waals surface area contributed by atoms with E-state index in [1.54, 1.807) is 53.6 Å². The number of rotatable bonds is 16. The summed E-state index contributed by atoms with van der Waals surface area (Å²) in [6, 6.07) is -0.781. The zero-order valence-electron chi connectivity index (χ0n) is 39.7. The minimum Gasteiger partial charge on any atom is -0.462 e. The van der Waals surface area contributed by atoms with Gasteiger partial charge in [0.1, 0.15) is 42.4 Å². The molecule has 2 fully saturated rings. The van der Waals surface area contributed by atoms with Gasteiger partial charge in [0.25, 0.3) is 0 Å². The van der Waals surface area contributed by atoms with E-state index in [1.807, 2.05) is 52.0 Å². The quantitative estimate of drug-likeness (QED) is 0.0953. The number of aliphatic hydroxyl groups is 2. The van der Waals surface area contributed by atoms with Crippen molar-refractivity contribution >= 4 is 24.2 Å². The van der Waals surface area contributed by atoms with Crippen LogP contribution in [0.25, 0.3) is 0 Å². The molecule has 17 nitrogen and oxygen atoms in total. The number of nitrogens with zero attached hydrogens (tertiary/aromatic N) is 1. The van der Waals surface area contributed by atoms with Crippen LogP contribution in [0.5, 0.6) is 0 Å². The van der Waals surface area contributed by atoms with Crippen molar-refractivity contribution in [2.24, 2.45) is 17.8 Å². The molecule has 3 heterocycles. The maximum atomic E-state index is 13.4. The molecule has 0 radical (unpaired) electrons. The normalized spacial score (nSPS) is 38.9. The fraction of sp³-hybridized carbons (Fsp3) is 0.826. The minimum absolute atomic E-state index is 0.0439. The second-order valence-corrected chi connectivity index (χ2v) is 18.1. The van der Waals surface area contributed by atoms with Gasteiger partial charge >= 0.3 is 17.9 Å². The standard InChI is InChI=1S/C46H77NO16/c1-14-55-32(9)60-34-19-17-15-16-18-28(5)56-37(51)24-35(59-31(8)49)43(54-13)42(33(20-21-48)23-27(34)4)63-45-40(52)39(47(11)12)41(29(6)58-45)62-38-25-46(10,53)44(30(7)57-38)61-36(50)22-26(2)3/h15-17,19,21,26-30,32-35,38-45,52-53H,14,18,20,22-25H2,1-13H3/b16-15+,19-17+/t27-,28-,29-,30+,32?,33+,34+,35-,38+,39-,40-,41-,42+,43+,44+,45+,46-/m1/s1. The van der Waals surface area contributed by atoms with Crippen LogP contribution >= 0.6 is 0 Å². The first-order chi connectivity index (χ1) is 29.6. The second kappa shape index (κ2) is 25.7. The number of ether oxygens (including phenoxy) is 10. The molecule has 0 bridgehead atoms. The molecular formula is C46H77NO16. The number of carbonyl (C=O) groups is 4. The van der Waals surface area contributed by atoms with Crippen molar-refractivity contribution in [1.82, 2.24) is 4.90 Å². The van der Waals surface area contributed by atoms with Crippen LogP contribution in [0.15, 0.2) is 24.3 Å². The molecule has 2 saturated heterocycles. The summed E-state index contributed by atoms with van der Waals surface area (Å²) in [4.78, 5) is 52.9. The van der Waals surface area contributed by atoms with E-state index in [4.69, 9.17) is 47.4 Å². The Labute approximate surface area is 374 Å². The van der Waals surface area contributed by atoms with Gasteiger partial charge < -0.3 is 67.3 Å². The summed E-state index contributed by atoms with van der Waals surface area (Å²) in [5, 5.41) is 23.7. The van der Waals surface area contributed by atoms with Crippen LogP contribution in [-0.2, 0) is 66.5 Å². The van der Waals surface area contributed by atoms with Gasteiger partial charge in [-0.1, -0.05) is 45.1 Å². The van der Waals surface area contributed by atoms with Crippen LogP contribution in [0.3, 0.4) is 0 Å². The van der Waals surface area contributed by atoms with Crippen LogP contribution in [0, 0.1) is 17.8 Å². The van der Waals surface area contributed by atoms with Crippen LogP contribution in [0.4, 0.5) is 0 Å². The third-order valence-corrected chi connectivity index (χ3v) is 11.6. The zero-order chi connectivity index (χ0) is 47.2. The fourth-order valence-corrected chi connectivity index (χ4v) is 8.74. The summed E-state index contributed by atoms with van der Waals surface area (Å²) in [6.07, 6.45) is -3.41. The monoisotopic (exact) mass is 900 g/mol. The minimum atomic E-state index is -1.50. The molecule has 63 heavy (non-hydrogen) atoms. The Balaban J connectivity index is 2.04. The molecule has 0 aromatic rings. The topological polar surface area (TPSA) is 204 Å². The number of methoxy groups -OCH3 is 1. The van der Waals surface area contributed by atoms with E-state index >= 15 is 0 Å². The predicted octanol–water partition coefficient (Wildman–Crippen LogP) is 4.42. The third-order valence-electron chi connectivity index (χ3n) is 11.6. The first-order valence-electron chi connectivity index (χ1n) is 22.4. The zero-order valence-corrected chi connectivity index (χ0v) is 39.7. The van der Waals surface area contributed by atoms with E-state index in [-0.39, 0.29) is 31.1 Å². The van der Waals surface area contributed by atoms with Gasteiger partial charge in [-0.25, -0.2) is 0 Å². The number of carbonyl (C=O) groups excluding carboxylic acids is 4. The maximum absolute atomic E-state index is 13.4. The Hall–Kier alpha value is -2.84. The van der Waals surface area contributed by atoms with E-state index < -0.39 is 122 Å². The SMILES string of the molecule is CCOC(C)O[C@H]1/C=C/C=C/C[C@@H](C)OC(=O)C[C@@H](OC(C)=O)[C@H](OC)[C@@H](O[C@@H]2O[C@H](C)[C@@H](O[C@H]3C[C@@](C)(O)[C@@H](OC(=O)CC(C)C)[C@H](C)O3)[C@H](N(C)C)[C@H]2O)[C@@H](CC=O)C[C@H]1C. The molecule has 0 amide bonds. The smallest absolute Gasteiger partial charge is 0.309 e. The second-order valence-electron chi connectivity index (χ2n) is 18.1. The number of aldehydes is 1. The van der Waals surface area contributed by atoms with Crippen molar-refractivity contribution in [1.29, 1.82) is 0 Å². The highest BCUT2D eigenvalue weighted by Gasteiger charge is 2.53. The molecule has 0 saturated carbocycles. The molecule has 0 aliphatic carbocycles. The van der Waals surface area contributed by atoms with Crippen LogP contribution in [-0.4, -0.2) is 159 Å². The Morgan fingerprint density at radius 1 is 1.02 bits per heavy atom. The van der Waals surface area contributed by atoms with Crippen molar-refractivity contribution in [3.05, 3.63) is 24.3 Å². The molecule has 3 rings (SSSR count). The molecular weight excluding hydrogens is 822 g/mol. The fourth-order valence-electron chi connectivity index (χ4n) is 8.74. The molecule has 2 N–H and O–H groups in total. The van der Waals surface area contributed by atoms with Gasteiger partial charge in [-0.15, -0.1) is 0 Å². The third kappa shape index (κ3) is 16.5. The van der Waals surface area contributed by atoms with Gasteiger partial charge in [0.05, 0.1) is 36.9 Å². The lowest BCUT2D eigenvalue weighted by atomic mass is 9.82.